The lowest BCUT2D eigenvalue weighted by atomic mass is 9.87. The predicted octanol–water partition coefficient (Wildman–Crippen LogP) is 3.52. The van der Waals surface area contributed by atoms with Gasteiger partial charge in [0.1, 0.15) is 0 Å². The molecule has 5 heteroatoms. The molecule has 2 aliphatic rings. The van der Waals surface area contributed by atoms with E-state index in [0.717, 1.165) is 31.2 Å². The lowest BCUT2D eigenvalue weighted by Crippen LogP contribution is -2.40. The van der Waals surface area contributed by atoms with Gasteiger partial charge >= 0.3 is 0 Å². The highest BCUT2D eigenvalue weighted by Crippen LogP contribution is 2.31. The highest BCUT2D eigenvalue weighted by molar-refractivity contribution is 7.10. The molecule has 1 aromatic rings. The third kappa shape index (κ3) is 4.18. The molecule has 0 radical (unpaired) electrons. The van der Waals surface area contributed by atoms with Gasteiger partial charge in [-0.05, 0) is 43.6 Å². The maximum atomic E-state index is 13.0. The number of hydrogen-bond acceptors (Lipinski definition) is 3. The third-order valence-electron chi connectivity index (χ3n) is 5.46. The molecule has 24 heavy (non-hydrogen) atoms. The van der Waals surface area contributed by atoms with E-state index in [9.17, 15) is 9.59 Å². The van der Waals surface area contributed by atoms with Crippen LogP contribution in [0.3, 0.4) is 0 Å². The fourth-order valence-corrected chi connectivity index (χ4v) is 5.22. The van der Waals surface area contributed by atoms with Crippen LogP contribution in [0.4, 0.5) is 0 Å². The standard InChI is InChI=1S/C19H28N2O2S/c20-18(22)12-21(11-10-14-6-2-1-3-7-14)19(23)16-13-24-17-9-5-4-8-15(16)17/h13-14H,1-12H2,(H2,20,22). The van der Waals surface area contributed by atoms with Crippen molar-refractivity contribution in [1.82, 2.24) is 4.90 Å². The van der Waals surface area contributed by atoms with Crippen molar-refractivity contribution in [3.05, 3.63) is 21.4 Å². The molecule has 0 unspecified atom stereocenters. The van der Waals surface area contributed by atoms with Gasteiger partial charge < -0.3 is 10.6 Å². The topological polar surface area (TPSA) is 63.4 Å². The Morgan fingerprint density at radius 3 is 2.62 bits per heavy atom. The van der Waals surface area contributed by atoms with E-state index < -0.39 is 5.91 Å². The maximum Gasteiger partial charge on any atom is 0.255 e. The van der Waals surface area contributed by atoms with Crippen LogP contribution in [-0.2, 0) is 17.6 Å². The number of fused-ring (bicyclic) bond motifs is 1. The van der Waals surface area contributed by atoms with Gasteiger partial charge in [-0.2, -0.15) is 0 Å². The Morgan fingerprint density at radius 2 is 1.88 bits per heavy atom. The molecule has 1 saturated carbocycles. The average molecular weight is 349 g/mol. The quantitative estimate of drug-likeness (QED) is 0.855. The number of rotatable bonds is 6. The Labute approximate surface area is 148 Å². The molecule has 2 aliphatic carbocycles. The Morgan fingerprint density at radius 1 is 1.12 bits per heavy atom. The van der Waals surface area contributed by atoms with E-state index in [-0.39, 0.29) is 12.5 Å². The van der Waals surface area contributed by atoms with Crippen molar-refractivity contribution in [3.63, 3.8) is 0 Å². The van der Waals surface area contributed by atoms with Gasteiger partial charge in [-0.15, -0.1) is 11.3 Å². The summed E-state index contributed by atoms with van der Waals surface area (Å²) in [6.45, 7) is 0.688. The van der Waals surface area contributed by atoms with Gasteiger partial charge in [-0.25, -0.2) is 0 Å². The largest absolute Gasteiger partial charge is 0.368 e. The summed E-state index contributed by atoms with van der Waals surface area (Å²) in [5, 5.41) is 1.99. The molecular weight excluding hydrogens is 320 g/mol. The Bertz CT molecular complexity index is 590. The zero-order valence-corrected chi connectivity index (χ0v) is 15.2. The summed E-state index contributed by atoms with van der Waals surface area (Å²) in [7, 11) is 0. The fraction of sp³-hybridized carbons (Fsp3) is 0.684. The molecular formula is C19H28N2O2S. The van der Waals surface area contributed by atoms with Crippen molar-refractivity contribution in [2.24, 2.45) is 11.7 Å². The van der Waals surface area contributed by atoms with Crippen molar-refractivity contribution in [3.8, 4) is 0 Å². The second-order valence-corrected chi connectivity index (χ2v) is 8.21. The average Bonchev–Trinajstić information content (AvgIpc) is 3.02. The second-order valence-electron chi connectivity index (χ2n) is 7.24. The Balaban J connectivity index is 1.68. The van der Waals surface area contributed by atoms with E-state index in [1.165, 1.54) is 49.0 Å². The minimum Gasteiger partial charge on any atom is -0.368 e. The van der Waals surface area contributed by atoms with E-state index in [4.69, 9.17) is 5.73 Å². The summed E-state index contributed by atoms with van der Waals surface area (Å²) >= 11 is 1.70. The monoisotopic (exact) mass is 348 g/mol. The van der Waals surface area contributed by atoms with E-state index in [0.29, 0.717) is 12.5 Å². The van der Waals surface area contributed by atoms with Crippen LogP contribution in [0.25, 0.3) is 0 Å². The van der Waals surface area contributed by atoms with Gasteiger partial charge in [0.25, 0.3) is 5.91 Å². The van der Waals surface area contributed by atoms with E-state index >= 15 is 0 Å². The SMILES string of the molecule is NC(=O)CN(CCC1CCCCC1)C(=O)c1csc2c1CCCC2. The normalized spacial score (nSPS) is 18.2. The van der Waals surface area contributed by atoms with Crippen LogP contribution in [-0.4, -0.2) is 29.8 Å². The molecule has 3 rings (SSSR count). The number of hydrogen-bond donors (Lipinski definition) is 1. The Hall–Kier alpha value is -1.36. The van der Waals surface area contributed by atoms with Crippen LogP contribution >= 0.6 is 11.3 Å². The first-order chi connectivity index (χ1) is 11.6. The minimum absolute atomic E-state index is 0.00371. The van der Waals surface area contributed by atoms with Gasteiger partial charge in [0.05, 0.1) is 12.1 Å². The number of nitrogens with zero attached hydrogens (tertiary/aromatic N) is 1. The van der Waals surface area contributed by atoms with Crippen LogP contribution in [0.2, 0.25) is 0 Å². The molecule has 0 aliphatic heterocycles. The van der Waals surface area contributed by atoms with Crippen molar-refractivity contribution in [2.45, 2.75) is 64.2 Å². The predicted molar refractivity (Wildman–Crippen MR) is 97.3 cm³/mol. The summed E-state index contributed by atoms with van der Waals surface area (Å²) in [5.74, 6) is 0.276. The van der Waals surface area contributed by atoms with Crippen molar-refractivity contribution in [1.29, 1.82) is 0 Å². The van der Waals surface area contributed by atoms with Crippen molar-refractivity contribution < 1.29 is 9.59 Å². The Kier molecular flexibility index (Phi) is 5.93. The number of aryl methyl sites for hydroxylation is 1. The summed E-state index contributed by atoms with van der Waals surface area (Å²) < 4.78 is 0. The number of nitrogens with two attached hydrogens (primary N) is 1. The van der Waals surface area contributed by atoms with E-state index in [2.05, 4.69) is 0 Å². The molecule has 0 saturated heterocycles. The lowest BCUT2D eigenvalue weighted by molar-refractivity contribution is -0.118. The molecule has 132 valence electrons. The van der Waals surface area contributed by atoms with E-state index in [1.54, 1.807) is 16.2 Å². The molecule has 4 nitrogen and oxygen atoms in total. The van der Waals surface area contributed by atoms with Gasteiger partial charge in [0, 0.05) is 16.8 Å². The molecule has 1 aromatic heterocycles. The first-order valence-electron chi connectivity index (χ1n) is 9.32. The summed E-state index contributed by atoms with van der Waals surface area (Å²) in [5.41, 5.74) is 7.45. The van der Waals surface area contributed by atoms with Crippen molar-refractivity contribution >= 4 is 23.2 Å². The number of primary amides is 1. The maximum absolute atomic E-state index is 13.0. The molecule has 1 heterocycles. The zero-order chi connectivity index (χ0) is 16.9. The first-order valence-corrected chi connectivity index (χ1v) is 10.2. The van der Waals surface area contributed by atoms with Gasteiger partial charge in [0.15, 0.2) is 0 Å². The van der Waals surface area contributed by atoms with Gasteiger partial charge in [-0.3, -0.25) is 9.59 Å². The van der Waals surface area contributed by atoms with Gasteiger partial charge in [-0.1, -0.05) is 32.1 Å². The number of carbonyl (C=O) groups excluding carboxylic acids is 2. The highest BCUT2D eigenvalue weighted by Gasteiger charge is 2.25. The number of carbonyl (C=O) groups is 2. The zero-order valence-electron chi connectivity index (χ0n) is 14.4. The molecule has 2 N–H and O–H groups in total. The van der Waals surface area contributed by atoms with Crippen LogP contribution in [0, 0.1) is 5.92 Å². The second kappa shape index (κ2) is 8.15. The lowest BCUT2D eigenvalue weighted by Gasteiger charge is -2.27. The smallest absolute Gasteiger partial charge is 0.255 e. The minimum atomic E-state index is -0.420. The van der Waals surface area contributed by atoms with Crippen LogP contribution in [0.1, 0.15) is 72.2 Å². The molecule has 1 fully saturated rings. The molecule has 0 aromatic carbocycles. The fourth-order valence-electron chi connectivity index (χ4n) is 4.10. The van der Waals surface area contributed by atoms with Crippen LogP contribution in [0.5, 0.6) is 0 Å². The highest BCUT2D eigenvalue weighted by atomic mass is 32.1. The molecule has 0 bridgehead atoms. The molecule has 0 atom stereocenters. The number of amides is 2. The van der Waals surface area contributed by atoms with Crippen LogP contribution < -0.4 is 5.73 Å². The first kappa shape index (κ1) is 17.5. The van der Waals surface area contributed by atoms with Gasteiger partial charge in [0.2, 0.25) is 5.91 Å². The van der Waals surface area contributed by atoms with Crippen molar-refractivity contribution in [2.75, 3.05) is 13.1 Å². The van der Waals surface area contributed by atoms with E-state index in [1.807, 2.05) is 5.38 Å². The molecule has 2 amide bonds. The summed E-state index contributed by atoms with van der Waals surface area (Å²) in [6.07, 6.45) is 11.9. The number of thiophene rings is 1. The molecule has 0 spiro atoms. The van der Waals surface area contributed by atoms with Crippen LogP contribution in [0.15, 0.2) is 5.38 Å². The third-order valence-corrected chi connectivity index (χ3v) is 6.55. The summed E-state index contributed by atoms with van der Waals surface area (Å²) in [4.78, 5) is 27.5. The summed E-state index contributed by atoms with van der Waals surface area (Å²) in [6, 6.07) is 0.